The van der Waals surface area contributed by atoms with E-state index >= 15 is 0 Å². The number of imidazole rings is 1. The summed E-state index contributed by atoms with van der Waals surface area (Å²) in [7, 11) is 0. The van der Waals surface area contributed by atoms with Gasteiger partial charge in [-0.15, -0.1) is 0 Å². The van der Waals surface area contributed by atoms with Gasteiger partial charge in [-0.3, -0.25) is 0 Å². The Labute approximate surface area is 115 Å². The number of benzene rings is 1. The van der Waals surface area contributed by atoms with E-state index in [-0.39, 0.29) is 11.7 Å². The largest absolute Gasteiger partial charge is 0.492 e. The molecule has 1 saturated heterocycles. The minimum atomic E-state index is -0.972. The Balaban J connectivity index is 2.06. The van der Waals surface area contributed by atoms with Crippen LogP contribution in [-0.4, -0.2) is 39.9 Å². The second-order valence-electron chi connectivity index (χ2n) is 4.76. The molecule has 106 valence electrons. The van der Waals surface area contributed by atoms with Crippen LogP contribution in [0, 0.1) is 0 Å². The van der Waals surface area contributed by atoms with E-state index in [0.717, 1.165) is 18.5 Å². The van der Waals surface area contributed by atoms with Gasteiger partial charge in [-0.05, 0) is 25.5 Å². The monoisotopic (exact) mass is 276 g/mol. The number of fused-ring (bicyclic) bond motifs is 1. The lowest BCUT2D eigenvalue weighted by molar-refractivity contribution is -0.0586. The van der Waals surface area contributed by atoms with Crippen LogP contribution in [0.5, 0.6) is 5.75 Å². The Morgan fingerprint density at radius 3 is 3.00 bits per heavy atom. The van der Waals surface area contributed by atoms with Crippen LogP contribution in [0.2, 0.25) is 0 Å². The Kier molecular flexibility index (Phi) is 3.31. The predicted molar refractivity (Wildman–Crippen MR) is 72.2 cm³/mol. The maximum atomic E-state index is 11.2. The molecule has 0 amide bonds. The lowest BCUT2D eigenvalue weighted by atomic mass is 10.1. The summed E-state index contributed by atoms with van der Waals surface area (Å²) in [6.45, 7) is 3.81. The molecule has 6 heteroatoms. The Bertz CT molecular complexity index is 646. The Hall–Kier alpha value is -2.08. The molecule has 1 aromatic carbocycles. The zero-order chi connectivity index (χ0) is 14.1. The van der Waals surface area contributed by atoms with Gasteiger partial charge in [0.1, 0.15) is 11.3 Å². The van der Waals surface area contributed by atoms with Gasteiger partial charge in [0, 0.05) is 6.61 Å². The summed E-state index contributed by atoms with van der Waals surface area (Å²) >= 11 is 0. The van der Waals surface area contributed by atoms with Crippen LogP contribution in [0.15, 0.2) is 18.5 Å². The van der Waals surface area contributed by atoms with Gasteiger partial charge >= 0.3 is 5.97 Å². The summed E-state index contributed by atoms with van der Waals surface area (Å²) in [5, 5.41) is 9.19. The van der Waals surface area contributed by atoms with E-state index in [1.54, 1.807) is 12.4 Å². The van der Waals surface area contributed by atoms with Crippen LogP contribution in [0.1, 0.15) is 23.7 Å². The SMILES string of the molecule is CCOc1cc(C(=O)O)cc2c1ncn2C[C@@H]1CCO1. The molecule has 1 aliphatic heterocycles. The zero-order valence-electron chi connectivity index (χ0n) is 11.2. The second kappa shape index (κ2) is 5.13. The maximum Gasteiger partial charge on any atom is 0.335 e. The highest BCUT2D eigenvalue weighted by Gasteiger charge is 2.21. The summed E-state index contributed by atoms with van der Waals surface area (Å²) in [4.78, 5) is 15.6. The van der Waals surface area contributed by atoms with Gasteiger partial charge in [0.2, 0.25) is 0 Å². The highest BCUT2D eigenvalue weighted by molar-refractivity contribution is 5.95. The molecule has 2 aromatic rings. The van der Waals surface area contributed by atoms with Crippen molar-refractivity contribution in [2.24, 2.45) is 0 Å². The van der Waals surface area contributed by atoms with Crippen molar-refractivity contribution in [3.8, 4) is 5.75 Å². The molecule has 1 N–H and O–H groups in total. The van der Waals surface area contributed by atoms with Gasteiger partial charge in [-0.1, -0.05) is 0 Å². The lowest BCUT2D eigenvalue weighted by Crippen LogP contribution is -2.30. The normalized spacial score (nSPS) is 17.9. The predicted octanol–water partition coefficient (Wildman–Crippen LogP) is 1.92. The van der Waals surface area contributed by atoms with E-state index in [1.807, 2.05) is 11.5 Å². The molecule has 0 bridgehead atoms. The average molecular weight is 276 g/mol. The van der Waals surface area contributed by atoms with E-state index in [0.29, 0.717) is 24.4 Å². The highest BCUT2D eigenvalue weighted by Crippen LogP contribution is 2.28. The van der Waals surface area contributed by atoms with Crippen molar-refractivity contribution < 1.29 is 19.4 Å². The maximum absolute atomic E-state index is 11.2. The van der Waals surface area contributed by atoms with Crippen molar-refractivity contribution in [1.29, 1.82) is 0 Å². The number of hydrogen-bond donors (Lipinski definition) is 1. The van der Waals surface area contributed by atoms with Gasteiger partial charge < -0.3 is 19.1 Å². The van der Waals surface area contributed by atoms with Crippen LogP contribution in [-0.2, 0) is 11.3 Å². The zero-order valence-corrected chi connectivity index (χ0v) is 11.2. The van der Waals surface area contributed by atoms with Gasteiger partial charge in [0.05, 0.1) is 36.7 Å². The molecule has 0 saturated carbocycles. The highest BCUT2D eigenvalue weighted by atomic mass is 16.5. The van der Waals surface area contributed by atoms with Crippen molar-refractivity contribution >= 4 is 17.0 Å². The first kappa shape index (κ1) is 12.9. The van der Waals surface area contributed by atoms with Crippen LogP contribution < -0.4 is 4.74 Å². The van der Waals surface area contributed by atoms with Crippen LogP contribution in [0.25, 0.3) is 11.0 Å². The van der Waals surface area contributed by atoms with Crippen molar-refractivity contribution in [1.82, 2.24) is 9.55 Å². The van der Waals surface area contributed by atoms with E-state index in [1.165, 1.54) is 6.07 Å². The fourth-order valence-electron chi connectivity index (χ4n) is 2.31. The minimum Gasteiger partial charge on any atom is -0.492 e. The first-order valence-electron chi connectivity index (χ1n) is 6.65. The number of aromatic carboxylic acids is 1. The minimum absolute atomic E-state index is 0.191. The first-order chi connectivity index (χ1) is 9.69. The summed E-state index contributed by atoms with van der Waals surface area (Å²) in [6.07, 6.45) is 2.92. The van der Waals surface area contributed by atoms with Gasteiger partial charge in [-0.2, -0.15) is 0 Å². The van der Waals surface area contributed by atoms with Gasteiger partial charge in [0.25, 0.3) is 0 Å². The number of carbonyl (C=O) groups is 1. The van der Waals surface area contributed by atoms with Crippen LogP contribution in [0.3, 0.4) is 0 Å². The molecule has 1 atom stereocenters. The third-order valence-electron chi connectivity index (χ3n) is 3.43. The smallest absolute Gasteiger partial charge is 0.335 e. The van der Waals surface area contributed by atoms with Gasteiger partial charge in [-0.25, -0.2) is 9.78 Å². The molecule has 1 aliphatic rings. The molecule has 6 nitrogen and oxygen atoms in total. The molecule has 20 heavy (non-hydrogen) atoms. The van der Waals surface area contributed by atoms with E-state index in [9.17, 15) is 9.90 Å². The fourth-order valence-corrected chi connectivity index (χ4v) is 2.31. The quantitative estimate of drug-likeness (QED) is 0.903. The van der Waals surface area contributed by atoms with E-state index in [4.69, 9.17) is 9.47 Å². The lowest BCUT2D eigenvalue weighted by Gasteiger charge is -2.26. The molecule has 1 aromatic heterocycles. The average Bonchev–Trinajstić information content (AvgIpc) is 2.77. The van der Waals surface area contributed by atoms with Crippen molar-refractivity contribution in [3.05, 3.63) is 24.0 Å². The molecule has 3 rings (SSSR count). The number of carboxylic acid groups (broad SMARTS) is 1. The number of hydrogen-bond acceptors (Lipinski definition) is 4. The van der Waals surface area contributed by atoms with Crippen molar-refractivity contribution in [2.45, 2.75) is 26.0 Å². The van der Waals surface area contributed by atoms with E-state index in [2.05, 4.69) is 4.98 Å². The molecular weight excluding hydrogens is 260 g/mol. The summed E-state index contributed by atoms with van der Waals surface area (Å²) < 4.78 is 12.8. The molecule has 0 unspecified atom stereocenters. The molecule has 2 heterocycles. The molecule has 0 aliphatic carbocycles. The third kappa shape index (κ3) is 2.22. The topological polar surface area (TPSA) is 73.6 Å². The molecule has 1 fully saturated rings. The van der Waals surface area contributed by atoms with E-state index < -0.39 is 5.97 Å². The fraction of sp³-hybridized carbons (Fsp3) is 0.429. The third-order valence-corrected chi connectivity index (χ3v) is 3.43. The Morgan fingerprint density at radius 2 is 2.40 bits per heavy atom. The number of nitrogens with zero attached hydrogens (tertiary/aromatic N) is 2. The Morgan fingerprint density at radius 1 is 1.60 bits per heavy atom. The summed E-state index contributed by atoms with van der Waals surface area (Å²) in [6, 6.07) is 3.15. The van der Waals surface area contributed by atoms with Gasteiger partial charge in [0.15, 0.2) is 0 Å². The standard InChI is InChI=1S/C14H16N2O4/c1-2-19-12-6-9(14(17)18)5-11-13(12)15-8-16(11)7-10-3-4-20-10/h5-6,8,10H,2-4,7H2,1H3,(H,17,18)/t10-/m0/s1. The number of aromatic nitrogens is 2. The number of carboxylic acids is 1. The molecule has 0 spiro atoms. The summed E-state index contributed by atoms with van der Waals surface area (Å²) in [5.74, 6) is -0.462. The molecular formula is C14H16N2O4. The second-order valence-corrected chi connectivity index (χ2v) is 4.76. The molecule has 0 radical (unpaired) electrons. The number of ether oxygens (including phenoxy) is 2. The summed E-state index contributed by atoms with van der Waals surface area (Å²) in [5.41, 5.74) is 1.66. The van der Waals surface area contributed by atoms with Crippen LogP contribution >= 0.6 is 0 Å². The number of rotatable bonds is 5. The van der Waals surface area contributed by atoms with Crippen molar-refractivity contribution in [2.75, 3.05) is 13.2 Å². The van der Waals surface area contributed by atoms with Crippen LogP contribution in [0.4, 0.5) is 0 Å². The first-order valence-corrected chi connectivity index (χ1v) is 6.65. The van der Waals surface area contributed by atoms with Crippen molar-refractivity contribution in [3.63, 3.8) is 0 Å².